The highest BCUT2D eigenvalue weighted by Crippen LogP contribution is 2.42. The number of para-hydroxylation sites is 4. The number of aromatic nitrogens is 3. The number of carbonyl (C=O) groups excluding carboxylic acids is 9. The Hall–Kier alpha value is -11.0. The maximum Gasteiger partial charge on any atom is 0.412 e. The van der Waals surface area contributed by atoms with Gasteiger partial charge < -0.3 is 48.1 Å². The lowest BCUT2D eigenvalue weighted by Crippen LogP contribution is -2.44. The number of carbonyl (C=O) groups is 10. The second-order valence-electron chi connectivity index (χ2n) is 44.1. The zero-order chi connectivity index (χ0) is 107. The van der Waals surface area contributed by atoms with Gasteiger partial charge in [0.2, 0.25) is 5.91 Å². The quantitative estimate of drug-likeness (QED) is 0.00737. The van der Waals surface area contributed by atoms with Crippen LogP contribution in [0.5, 0.6) is 0 Å². The number of anilines is 3. The minimum Gasteiger partial charge on any atom is -0.481 e. The Morgan fingerprint density at radius 3 is 1.30 bits per heavy atom. The summed E-state index contributed by atoms with van der Waals surface area (Å²) in [5.74, 6) is -2.08. The number of hydrogen-bond acceptors (Lipinski definition) is 23. The highest BCUT2D eigenvalue weighted by molar-refractivity contribution is 7.85. The molecule has 0 radical (unpaired) electrons. The second-order valence-corrected chi connectivity index (χ2v) is 73.7. The molecule has 2 atom stereocenters. The van der Waals surface area contributed by atoms with E-state index in [0.717, 1.165) is 70.1 Å². The number of cyclic esters (lactones) is 2. The number of hydrogen-bond donors (Lipinski definition) is 7. The van der Waals surface area contributed by atoms with Crippen molar-refractivity contribution in [1.29, 1.82) is 0 Å². The van der Waals surface area contributed by atoms with E-state index in [1.54, 1.807) is 122 Å². The molecule has 0 aliphatic carbocycles. The normalized spacial score (nSPS) is 15.2. The van der Waals surface area contributed by atoms with Gasteiger partial charge in [-0.2, -0.15) is 8.42 Å². The van der Waals surface area contributed by atoms with Crippen molar-refractivity contribution in [3.63, 3.8) is 0 Å². The number of aliphatic hydroxyl groups is 2. The van der Waals surface area contributed by atoms with Crippen LogP contribution in [-0.2, 0) is 102 Å². The third kappa shape index (κ3) is 39.3. The number of pyridine rings is 3. The summed E-state index contributed by atoms with van der Waals surface area (Å²) in [7, 11) is -6.86. The van der Waals surface area contributed by atoms with Crippen LogP contribution in [0.15, 0.2) is 154 Å². The van der Waals surface area contributed by atoms with Crippen molar-refractivity contribution < 1.29 is 105 Å². The molecule has 4 aliphatic rings. The Bertz CT molecular complexity index is 5890. The van der Waals surface area contributed by atoms with Gasteiger partial charge in [0.1, 0.15) is 30.0 Å². The third-order valence-electron chi connectivity index (χ3n) is 22.2. The van der Waals surface area contributed by atoms with Gasteiger partial charge >= 0.3 is 36.2 Å². The summed E-state index contributed by atoms with van der Waals surface area (Å²) in [5.41, 5.74) is 4.19. The molecule has 7 N–H and O–H groups in total. The van der Waals surface area contributed by atoms with Crippen LogP contribution in [-0.4, -0.2) is 178 Å². The number of esters is 2. The molecule has 772 valence electrons. The van der Waals surface area contributed by atoms with E-state index in [9.17, 15) is 76.2 Å². The summed E-state index contributed by atoms with van der Waals surface area (Å²) in [4.78, 5) is 152. The maximum absolute atomic E-state index is 13.4. The number of fused-ring (bicyclic) bond motifs is 7. The summed E-state index contributed by atoms with van der Waals surface area (Å²) < 4.78 is 58.3. The van der Waals surface area contributed by atoms with Gasteiger partial charge in [0.15, 0.2) is 28.6 Å². The predicted molar refractivity (Wildman–Crippen MR) is 567 cm³/mol. The van der Waals surface area contributed by atoms with E-state index < -0.39 is 115 Å². The molecule has 31 nitrogen and oxygen atoms in total. The van der Waals surface area contributed by atoms with Crippen molar-refractivity contribution in [2.45, 2.75) is 322 Å². The Kier molecular flexibility index (Phi) is 43.4. The lowest BCUT2D eigenvalue weighted by Gasteiger charge is -2.31. The number of ether oxygens (including phenoxy) is 5. The number of amides is 4. The number of aryl methyl sites for hydroxylation is 2. The molecule has 0 saturated heterocycles. The van der Waals surface area contributed by atoms with Gasteiger partial charge in [-0.25, -0.2) is 34.0 Å². The molecule has 0 bridgehead atoms. The van der Waals surface area contributed by atoms with E-state index in [4.69, 9.17) is 43.2 Å². The first kappa shape index (κ1) is 120. The molecular weight excluding hydrogens is 1900 g/mol. The molecule has 37 heteroatoms. The van der Waals surface area contributed by atoms with Gasteiger partial charge in [0.05, 0.1) is 63.7 Å². The average Bonchev–Trinajstić information content (AvgIpc) is 1.58. The zero-order valence-corrected chi connectivity index (χ0v) is 93.8. The molecular formula is C104H151N7O24SSi5. The van der Waals surface area contributed by atoms with Gasteiger partial charge in [0, 0.05) is 125 Å². The molecule has 5 aromatic carbocycles. The van der Waals surface area contributed by atoms with Crippen LogP contribution in [0.2, 0.25) is 128 Å². The zero-order valence-electron chi connectivity index (χ0n) is 88.0. The van der Waals surface area contributed by atoms with Crippen LogP contribution in [0.4, 0.5) is 31.4 Å². The molecule has 7 heterocycles. The molecule has 0 unspecified atom stereocenters. The first-order chi connectivity index (χ1) is 64.8. The Morgan fingerprint density at radius 1 is 0.504 bits per heavy atom. The van der Waals surface area contributed by atoms with Gasteiger partial charge in [0.25, 0.3) is 21.2 Å². The van der Waals surface area contributed by atoms with Crippen LogP contribution >= 0.6 is 0 Å². The van der Waals surface area contributed by atoms with Gasteiger partial charge in [-0.05, 0) is 173 Å². The van der Waals surface area contributed by atoms with Crippen molar-refractivity contribution in [3.05, 3.63) is 216 Å². The molecule has 0 spiro atoms. The SMILES string of the molecule is CC(C)(C)OC(=O)Nc1ccccc1.CC(C)(C)OC(=O)Nc1ccccc1C(=O)CC[Si](C)(C)C.CC(C)(C)OC(=O)Nc1ccccc1C(=O)CC[Si](C)(C)C.CC[C@@]1(O)C(=O)OCc2c1cc1n(c2=O)CCC1=O.CC[C@@]1(O)C(=O)OCc2c1cc1n(c2=O)Cc2c-1nc1ccccc1c2CC[Si](C)(C)C.CON(C)C(=O)CC[Si](C)(C)C.C[Si](C)(C)CCC(=O)O.Cc1ccc(S(=O)(=O)O)cc1. The van der Waals surface area contributed by atoms with Crippen LogP contribution in [0.25, 0.3) is 22.3 Å². The number of carboxylic acid groups (broad SMARTS) is 1. The maximum atomic E-state index is 13.4. The van der Waals surface area contributed by atoms with Crippen molar-refractivity contribution >= 4 is 138 Å². The summed E-state index contributed by atoms with van der Waals surface area (Å²) >= 11 is 0. The van der Waals surface area contributed by atoms with Crippen molar-refractivity contribution in [2.75, 3.05) is 30.1 Å². The van der Waals surface area contributed by atoms with Crippen molar-refractivity contribution in [3.8, 4) is 11.4 Å². The fourth-order valence-corrected chi connectivity index (χ4v) is 19.6. The van der Waals surface area contributed by atoms with E-state index in [1.807, 2.05) is 88.4 Å². The Balaban J connectivity index is 0.000000293. The van der Waals surface area contributed by atoms with E-state index in [-0.39, 0.29) is 88.6 Å². The summed E-state index contributed by atoms with van der Waals surface area (Å²) in [6, 6.07) is 45.7. The first-order valence-electron chi connectivity index (χ1n) is 47.5. The fourth-order valence-electron chi connectivity index (χ4n) is 14.2. The van der Waals surface area contributed by atoms with Gasteiger partial charge in [-0.3, -0.25) is 58.9 Å². The molecule has 0 saturated carbocycles. The number of nitrogens with zero attached hydrogens (tertiary/aromatic N) is 4. The van der Waals surface area contributed by atoms with E-state index in [1.165, 1.54) is 40.5 Å². The molecule has 3 aromatic heterocycles. The summed E-state index contributed by atoms with van der Waals surface area (Å²) in [6.07, 6.45) is 1.93. The lowest BCUT2D eigenvalue weighted by molar-refractivity contribution is -0.172. The number of rotatable bonds is 24. The molecule has 0 fully saturated rings. The number of carboxylic acids is 1. The van der Waals surface area contributed by atoms with E-state index in [0.29, 0.717) is 78.1 Å². The van der Waals surface area contributed by atoms with Crippen molar-refractivity contribution in [1.82, 2.24) is 19.2 Å². The Morgan fingerprint density at radius 2 is 0.894 bits per heavy atom. The Labute approximate surface area is 836 Å². The molecule has 4 amide bonds. The second kappa shape index (κ2) is 50.8. The molecule has 141 heavy (non-hydrogen) atoms. The van der Waals surface area contributed by atoms with E-state index >= 15 is 0 Å². The van der Waals surface area contributed by atoms with Crippen molar-refractivity contribution in [2.24, 2.45) is 0 Å². The van der Waals surface area contributed by atoms with Gasteiger partial charge in [-0.15, -0.1) is 0 Å². The van der Waals surface area contributed by atoms with Crippen LogP contribution in [0.1, 0.15) is 191 Å². The average molecular weight is 2060 g/mol. The predicted octanol–water partition coefficient (Wildman–Crippen LogP) is 21.7. The summed E-state index contributed by atoms with van der Waals surface area (Å²) in [6.45, 7) is 55.9. The molecule has 8 aromatic rings. The number of hydroxylamine groups is 2. The highest BCUT2D eigenvalue weighted by atomic mass is 32.2. The molecule has 12 rings (SSSR count). The number of Topliss-reactive ketones (excluding diaryl/α,β-unsaturated/α-hetero) is 3. The molecule has 4 aliphatic heterocycles. The minimum atomic E-state index is -4.02. The smallest absolute Gasteiger partial charge is 0.412 e. The lowest BCUT2D eigenvalue weighted by atomic mass is 9.86. The number of benzene rings is 5. The largest absolute Gasteiger partial charge is 0.481 e. The fraction of sp³-hybridized carbons (Fsp3) is 0.490. The highest BCUT2D eigenvalue weighted by Gasteiger charge is 2.47. The number of nitrogens with one attached hydrogen (secondary N) is 3. The van der Waals surface area contributed by atoms with Crippen LogP contribution < -0.4 is 27.1 Å². The standard InChI is InChI=1S/C25H28N2O4Si.2C17H27NO3Si.C13H13NO5.C11H15NO2.C8H19NO2Si.C7H8O3S.C6H14O2Si/c1-5-25(30)19-12-21-22-17(13-27(21)23(28)18(19)14-31-24(25)29)15(10-11-32(2,3)4)16-8-6-7-9-20(16)26-22;2*1-17(2,3)21-16(20)18-14-10-8-7-9-13(14)15(19)11-12-22(4,5)6;1-2-13(18)8-5-9-10(15)3-4-14(9)11(16)7(8)6-19-12(13)17;1-11(2,3)14-10(13)12-9-7-5-4-6-8-9;1-9(11-2)8(10)6-7-12(3,4)5;1-6-2-4-7(5-3-6)11(8,9)10;1-9(2,3)5-4-6(7)8/h6-9,12,30H,5,10-11,13-14H2,1-4H3;2*7-10H,11-12H2,1-6H3,(H,18,20);5,18H,2-4,6H2,1H3;4-8H,1-3H3,(H,12,13);6-7H2,1-5H3;2-5H,1H3,(H,8,9,10);4-5H2,1-3H3,(H,7,8)/t25-;;;13-;;;;/m0..0..../s1. The topological polar surface area (TPSA) is 437 Å². The minimum absolute atomic E-state index is 0.0640. The number of aliphatic carboxylic acids is 1. The van der Waals surface area contributed by atoms with E-state index in [2.05, 4.69) is 120 Å². The first-order valence-corrected chi connectivity index (χ1v) is 67.5. The summed E-state index contributed by atoms with van der Waals surface area (Å²) in [5, 5.41) is 40.2. The van der Waals surface area contributed by atoms with Crippen LogP contribution in [0.3, 0.4) is 0 Å². The van der Waals surface area contributed by atoms with Gasteiger partial charge in [-0.1, -0.05) is 209 Å². The van der Waals surface area contributed by atoms with Crippen LogP contribution in [0, 0.1) is 6.92 Å². The third-order valence-corrected chi connectivity index (χ3v) is 31.8. The number of ketones is 3. The monoisotopic (exact) mass is 2050 g/mol.